The molecule has 2 N–H and O–H groups in total. The molecule has 0 unspecified atom stereocenters. The van der Waals surface area contributed by atoms with Gasteiger partial charge in [-0.25, -0.2) is 0 Å². The summed E-state index contributed by atoms with van der Waals surface area (Å²) in [5.74, 6) is 0.321. The highest BCUT2D eigenvalue weighted by atomic mass is 16.3. The zero-order valence-electron chi connectivity index (χ0n) is 11.5. The second-order valence-electron chi connectivity index (χ2n) is 5.07. The van der Waals surface area contributed by atoms with Gasteiger partial charge in [-0.2, -0.15) is 0 Å². The summed E-state index contributed by atoms with van der Waals surface area (Å²) in [6.45, 7) is 8.71. The van der Waals surface area contributed by atoms with Gasteiger partial charge in [-0.05, 0) is 26.0 Å². The molecule has 1 heterocycles. The average Bonchev–Trinajstić information content (AvgIpc) is 2.38. The Bertz CT molecular complexity index is 398. The molecule has 4 heteroatoms. The largest absolute Gasteiger partial charge is 0.506 e. The number of nitrogens with one attached hydrogen (secondary N) is 1. The van der Waals surface area contributed by atoms with Crippen LogP contribution < -0.4 is 10.2 Å². The van der Waals surface area contributed by atoms with Gasteiger partial charge in [0.2, 0.25) is 0 Å². The van der Waals surface area contributed by atoms with Crippen LogP contribution >= 0.6 is 0 Å². The molecule has 0 aliphatic carbocycles. The molecule has 4 nitrogen and oxygen atoms in total. The first-order valence-corrected chi connectivity index (χ1v) is 6.61. The first kappa shape index (κ1) is 13.0. The van der Waals surface area contributed by atoms with Crippen LogP contribution in [-0.4, -0.2) is 49.3 Å². The van der Waals surface area contributed by atoms with Crippen molar-refractivity contribution < 1.29 is 5.11 Å². The molecule has 1 saturated heterocycles. The first-order valence-electron chi connectivity index (χ1n) is 6.61. The van der Waals surface area contributed by atoms with Gasteiger partial charge in [-0.3, -0.25) is 4.90 Å². The van der Waals surface area contributed by atoms with Crippen LogP contribution in [0.2, 0.25) is 0 Å². The van der Waals surface area contributed by atoms with Crippen molar-refractivity contribution in [2.75, 3.05) is 43.4 Å². The van der Waals surface area contributed by atoms with Crippen LogP contribution in [0, 0.1) is 0 Å². The molecule has 0 spiro atoms. The van der Waals surface area contributed by atoms with Crippen molar-refractivity contribution >= 4 is 11.4 Å². The summed E-state index contributed by atoms with van der Waals surface area (Å²) in [6, 6.07) is 6.46. The van der Waals surface area contributed by atoms with E-state index in [4.69, 9.17) is 0 Å². The molecule has 0 saturated carbocycles. The predicted molar refractivity (Wildman–Crippen MR) is 76.6 cm³/mol. The van der Waals surface area contributed by atoms with Gasteiger partial charge < -0.3 is 15.3 Å². The van der Waals surface area contributed by atoms with E-state index in [1.54, 1.807) is 0 Å². The van der Waals surface area contributed by atoms with Crippen molar-refractivity contribution in [2.24, 2.45) is 0 Å². The fourth-order valence-corrected chi connectivity index (χ4v) is 2.42. The van der Waals surface area contributed by atoms with Crippen LogP contribution in [0.3, 0.4) is 0 Å². The summed E-state index contributed by atoms with van der Waals surface area (Å²) < 4.78 is 0. The van der Waals surface area contributed by atoms with Crippen molar-refractivity contribution in [3.05, 3.63) is 18.2 Å². The molecule has 0 bridgehead atoms. The third-order valence-corrected chi connectivity index (χ3v) is 3.66. The van der Waals surface area contributed by atoms with Gasteiger partial charge in [-0.1, -0.05) is 0 Å². The van der Waals surface area contributed by atoms with Crippen LogP contribution in [0.15, 0.2) is 18.2 Å². The molecule has 1 aromatic carbocycles. The minimum absolute atomic E-state index is 0.321. The highest BCUT2D eigenvalue weighted by Crippen LogP contribution is 2.28. The SMILES string of the molecule is CNc1ccc(N2CCN(C(C)C)CC2)cc1O. The number of aromatic hydroxyl groups is 1. The zero-order valence-corrected chi connectivity index (χ0v) is 11.5. The van der Waals surface area contributed by atoms with E-state index in [2.05, 4.69) is 35.0 Å². The number of benzene rings is 1. The number of piperazine rings is 1. The van der Waals surface area contributed by atoms with Crippen LogP contribution in [0.25, 0.3) is 0 Å². The number of hydrogen-bond acceptors (Lipinski definition) is 4. The molecule has 1 aromatic rings. The summed E-state index contributed by atoms with van der Waals surface area (Å²) in [4.78, 5) is 4.82. The first-order chi connectivity index (χ1) is 8.61. The summed E-state index contributed by atoms with van der Waals surface area (Å²) in [7, 11) is 1.82. The van der Waals surface area contributed by atoms with E-state index < -0.39 is 0 Å². The fourth-order valence-electron chi connectivity index (χ4n) is 2.42. The zero-order chi connectivity index (χ0) is 13.1. The summed E-state index contributed by atoms with van der Waals surface area (Å²) in [6.07, 6.45) is 0. The topological polar surface area (TPSA) is 38.7 Å². The van der Waals surface area contributed by atoms with Crippen molar-refractivity contribution in [3.63, 3.8) is 0 Å². The lowest BCUT2D eigenvalue weighted by Crippen LogP contribution is -2.48. The Balaban J connectivity index is 2.03. The molecule has 1 aliphatic heterocycles. The van der Waals surface area contributed by atoms with Crippen LogP contribution in [0.4, 0.5) is 11.4 Å². The highest BCUT2D eigenvalue weighted by Gasteiger charge is 2.19. The Kier molecular flexibility index (Phi) is 3.97. The maximum absolute atomic E-state index is 9.86. The van der Waals surface area contributed by atoms with Crippen molar-refractivity contribution in [1.29, 1.82) is 0 Å². The Morgan fingerprint density at radius 2 is 1.83 bits per heavy atom. The molecule has 2 rings (SSSR count). The number of phenols is 1. The van der Waals surface area contributed by atoms with E-state index >= 15 is 0 Å². The smallest absolute Gasteiger partial charge is 0.140 e. The van der Waals surface area contributed by atoms with Gasteiger partial charge in [0.15, 0.2) is 0 Å². The standard InChI is InChI=1S/C14H23N3O/c1-11(2)16-6-8-17(9-7-16)12-4-5-13(15-3)14(18)10-12/h4-5,10-11,15,18H,6-9H2,1-3H3. The van der Waals surface area contributed by atoms with Crippen LogP contribution in [0.1, 0.15) is 13.8 Å². The molecule has 1 fully saturated rings. The van der Waals surface area contributed by atoms with E-state index in [-0.39, 0.29) is 0 Å². The Morgan fingerprint density at radius 3 is 2.33 bits per heavy atom. The maximum atomic E-state index is 9.86. The minimum Gasteiger partial charge on any atom is -0.506 e. The number of hydrogen-bond donors (Lipinski definition) is 2. The number of nitrogens with zero attached hydrogens (tertiary/aromatic N) is 2. The number of phenolic OH excluding ortho intramolecular Hbond substituents is 1. The van der Waals surface area contributed by atoms with Gasteiger partial charge in [0, 0.05) is 51.0 Å². The molecule has 1 aliphatic rings. The predicted octanol–water partition coefficient (Wildman–Crippen LogP) is 1.96. The molecular weight excluding hydrogens is 226 g/mol. The Morgan fingerprint density at radius 1 is 1.17 bits per heavy atom. The summed E-state index contributed by atoms with van der Waals surface area (Å²) in [5.41, 5.74) is 1.88. The van der Waals surface area contributed by atoms with Gasteiger partial charge in [0.25, 0.3) is 0 Å². The highest BCUT2D eigenvalue weighted by molar-refractivity contribution is 5.63. The Labute approximate surface area is 109 Å². The number of rotatable bonds is 3. The third kappa shape index (κ3) is 2.70. The second kappa shape index (κ2) is 5.48. The van der Waals surface area contributed by atoms with Crippen LogP contribution in [0.5, 0.6) is 5.75 Å². The van der Waals surface area contributed by atoms with E-state index in [1.807, 2.05) is 19.2 Å². The molecule has 18 heavy (non-hydrogen) atoms. The van der Waals surface area contributed by atoms with Crippen molar-refractivity contribution in [3.8, 4) is 5.75 Å². The van der Waals surface area contributed by atoms with Gasteiger partial charge in [-0.15, -0.1) is 0 Å². The molecule has 100 valence electrons. The lowest BCUT2D eigenvalue weighted by Gasteiger charge is -2.38. The molecular formula is C14H23N3O. The molecule has 0 aromatic heterocycles. The number of anilines is 2. The lowest BCUT2D eigenvalue weighted by atomic mass is 10.2. The normalized spacial score (nSPS) is 17.2. The lowest BCUT2D eigenvalue weighted by molar-refractivity contribution is 0.209. The van der Waals surface area contributed by atoms with E-state index in [0.29, 0.717) is 11.8 Å². The van der Waals surface area contributed by atoms with Gasteiger partial charge in [0.05, 0.1) is 5.69 Å². The summed E-state index contributed by atoms with van der Waals surface area (Å²) >= 11 is 0. The Hall–Kier alpha value is -1.42. The summed E-state index contributed by atoms with van der Waals surface area (Å²) in [5, 5.41) is 12.8. The van der Waals surface area contributed by atoms with Gasteiger partial charge >= 0.3 is 0 Å². The van der Waals surface area contributed by atoms with E-state index in [1.165, 1.54) is 0 Å². The van der Waals surface area contributed by atoms with E-state index in [9.17, 15) is 5.11 Å². The van der Waals surface area contributed by atoms with Gasteiger partial charge in [0.1, 0.15) is 5.75 Å². The third-order valence-electron chi connectivity index (χ3n) is 3.66. The maximum Gasteiger partial charge on any atom is 0.140 e. The minimum atomic E-state index is 0.321. The van der Waals surface area contributed by atoms with Crippen molar-refractivity contribution in [1.82, 2.24) is 4.90 Å². The second-order valence-corrected chi connectivity index (χ2v) is 5.07. The average molecular weight is 249 g/mol. The molecule has 0 amide bonds. The monoisotopic (exact) mass is 249 g/mol. The van der Waals surface area contributed by atoms with Crippen LogP contribution in [-0.2, 0) is 0 Å². The quantitative estimate of drug-likeness (QED) is 0.803. The molecule has 0 atom stereocenters. The van der Waals surface area contributed by atoms with Crippen molar-refractivity contribution in [2.45, 2.75) is 19.9 Å². The van der Waals surface area contributed by atoms with E-state index in [0.717, 1.165) is 37.6 Å². The fraction of sp³-hybridized carbons (Fsp3) is 0.571. The molecule has 0 radical (unpaired) electrons.